The second-order valence-electron chi connectivity index (χ2n) is 4.70. The molecule has 0 radical (unpaired) electrons. The third-order valence-electron chi connectivity index (χ3n) is 3.07. The van der Waals surface area contributed by atoms with Gasteiger partial charge in [0.1, 0.15) is 6.04 Å². The predicted molar refractivity (Wildman–Crippen MR) is 61.0 cm³/mol. The summed E-state index contributed by atoms with van der Waals surface area (Å²) in [5.41, 5.74) is 5.76. The molecule has 1 rings (SSSR count). The Bertz CT molecular complexity index is 227. The smallest absolute Gasteiger partial charge is 0.239 e. The maximum atomic E-state index is 11.6. The van der Waals surface area contributed by atoms with Crippen molar-refractivity contribution in [2.45, 2.75) is 25.8 Å². The van der Waals surface area contributed by atoms with Crippen LogP contribution in [0.2, 0.25) is 0 Å². The molecule has 0 aromatic heterocycles. The summed E-state index contributed by atoms with van der Waals surface area (Å²) >= 11 is 0. The Kier molecular flexibility index (Phi) is 5.18. The predicted octanol–water partition coefficient (Wildman–Crippen LogP) is -0.107. The molecule has 0 saturated carbocycles. The molecule has 1 amide bonds. The summed E-state index contributed by atoms with van der Waals surface area (Å²) < 4.78 is 10.1. The summed E-state index contributed by atoms with van der Waals surface area (Å²) in [5.74, 6) is -0.144. The van der Waals surface area contributed by atoms with Gasteiger partial charge >= 0.3 is 0 Å². The minimum atomic E-state index is -0.576. The number of nitrogens with two attached hydrogens (primary N) is 1. The van der Waals surface area contributed by atoms with E-state index in [1.807, 2.05) is 0 Å². The van der Waals surface area contributed by atoms with Crippen LogP contribution in [0.5, 0.6) is 0 Å². The van der Waals surface area contributed by atoms with Gasteiger partial charge < -0.3 is 20.5 Å². The number of hydrogen-bond donors (Lipinski definition) is 2. The van der Waals surface area contributed by atoms with Gasteiger partial charge in [-0.15, -0.1) is 0 Å². The molecule has 1 aliphatic heterocycles. The standard InChI is InChI=1S/C11H22N2O3/c1-11(3-5-16-6-4-11)8-13-10(14)9(12)7-15-2/h9H,3-8,12H2,1-2H3,(H,13,14). The van der Waals surface area contributed by atoms with Gasteiger partial charge in [0.15, 0.2) is 0 Å². The first-order valence-electron chi connectivity index (χ1n) is 5.67. The number of carbonyl (C=O) groups is 1. The molecule has 1 fully saturated rings. The summed E-state index contributed by atoms with van der Waals surface area (Å²) in [6.45, 7) is 4.63. The van der Waals surface area contributed by atoms with E-state index < -0.39 is 6.04 Å². The number of methoxy groups -OCH3 is 1. The Morgan fingerprint density at radius 2 is 2.19 bits per heavy atom. The van der Waals surface area contributed by atoms with Crippen molar-refractivity contribution in [3.05, 3.63) is 0 Å². The van der Waals surface area contributed by atoms with E-state index in [-0.39, 0.29) is 17.9 Å². The van der Waals surface area contributed by atoms with Gasteiger partial charge in [-0.05, 0) is 18.3 Å². The van der Waals surface area contributed by atoms with Crippen LogP contribution in [-0.2, 0) is 14.3 Å². The summed E-state index contributed by atoms with van der Waals surface area (Å²) in [4.78, 5) is 11.6. The minimum Gasteiger partial charge on any atom is -0.383 e. The second kappa shape index (κ2) is 6.18. The molecule has 1 atom stereocenters. The number of nitrogens with one attached hydrogen (secondary N) is 1. The van der Waals surface area contributed by atoms with E-state index in [2.05, 4.69) is 12.2 Å². The SMILES string of the molecule is COCC(N)C(=O)NCC1(C)CCOCC1. The molecule has 0 aromatic rings. The maximum absolute atomic E-state index is 11.6. The van der Waals surface area contributed by atoms with Gasteiger partial charge in [-0.3, -0.25) is 4.79 Å². The van der Waals surface area contributed by atoms with Crippen molar-refractivity contribution in [2.24, 2.45) is 11.1 Å². The lowest BCUT2D eigenvalue weighted by Crippen LogP contribution is -2.47. The lowest BCUT2D eigenvalue weighted by atomic mass is 9.82. The first-order valence-corrected chi connectivity index (χ1v) is 5.67. The molecule has 5 nitrogen and oxygen atoms in total. The Labute approximate surface area is 96.7 Å². The number of carbonyl (C=O) groups excluding carboxylic acids is 1. The van der Waals surface area contributed by atoms with Crippen LogP contribution in [0.25, 0.3) is 0 Å². The fourth-order valence-electron chi connectivity index (χ4n) is 1.73. The molecule has 1 aliphatic rings. The van der Waals surface area contributed by atoms with Crippen molar-refractivity contribution in [3.63, 3.8) is 0 Å². The van der Waals surface area contributed by atoms with Gasteiger partial charge in [0.25, 0.3) is 0 Å². The minimum absolute atomic E-state index is 0.140. The molecule has 5 heteroatoms. The molecular formula is C11H22N2O3. The van der Waals surface area contributed by atoms with E-state index in [0.717, 1.165) is 26.1 Å². The highest BCUT2D eigenvalue weighted by molar-refractivity contribution is 5.81. The molecule has 0 bridgehead atoms. The van der Waals surface area contributed by atoms with E-state index in [1.54, 1.807) is 0 Å². The van der Waals surface area contributed by atoms with Crippen molar-refractivity contribution < 1.29 is 14.3 Å². The zero-order valence-electron chi connectivity index (χ0n) is 10.1. The first-order chi connectivity index (χ1) is 7.57. The lowest BCUT2D eigenvalue weighted by molar-refractivity contribution is -0.124. The summed E-state index contributed by atoms with van der Waals surface area (Å²) in [7, 11) is 1.53. The van der Waals surface area contributed by atoms with Crippen LogP contribution < -0.4 is 11.1 Å². The Morgan fingerprint density at radius 1 is 1.56 bits per heavy atom. The number of ether oxygens (including phenoxy) is 2. The molecule has 0 spiro atoms. The van der Waals surface area contributed by atoms with Crippen molar-refractivity contribution >= 4 is 5.91 Å². The number of hydrogen-bond acceptors (Lipinski definition) is 4. The third kappa shape index (κ3) is 4.08. The molecule has 16 heavy (non-hydrogen) atoms. The Morgan fingerprint density at radius 3 is 2.75 bits per heavy atom. The van der Waals surface area contributed by atoms with Crippen molar-refractivity contribution in [1.82, 2.24) is 5.32 Å². The van der Waals surface area contributed by atoms with Crippen LogP contribution >= 0.6 is 0 Å². The largest absolute Gasteiger partial charge is 0.383 e. The van der Waals surface area contributed by atoms with E-state index >= 15 is 0 Å². The van der Waals surface area contributed by atoms with Crippen molar-refractivity contribution in [3.8, 4) is 0 Å². The van der Waals surface area contributed by atoms with Gasteiger partial charge in [0.05, 0.1) is 6.61 Å². The van der Waals surface area contributed by atoms with Gasteiger partial charge in [-0.2, -0.15) is 0 Å². The van der Waals surface area contributed by atoms with Crippen LogP contribution in [0.15, 0.2) is 0 Å². The normalized spacial score (nSPS) is 21.4. The lowest BCUT2D eigenvalue weighted by Gasteiger charge is -2.33. The van der Waals surface area contributed by atoms with Crippen LogP contribution in [0.3, 0.4) is 0 Å². The highest BCUT2D eigenvalue weighted by Gasteiger charge is 2.28. The van der Waals surface area contributed by atoms with E-state index in [9.17, 15) is 4.79 Å². The topological polar surface area (TPSA) is 73.6 Å². The highest BCUT2D eigenvalue weighted by Crippen LogP contribution is 2.28. The van der Waals surface area contributed by atoms with Crippen LogP contribution in [0.4, 0.5) is 0 Å². The van der Waals surface area contributed by atoms with Crippen molar-refractivity contribution in [2.75, 3.05) is 33.5 Å². The van der Waals surface area contributed by atoms with Gasteiger partial charge in [0.2, 0.25) is 5.91 Å². The summed E-state index contributed by atoms with van der Waals surface area (Å²) in [5, 5.41) is 2.88. The van der Waals surface area contributed by atoms with Gasteiger partial charge in [0, 0.05) is 26.9 Å². The average Bonchev–Trinajstić information content (AvgIpc) is 2.27. The van der Waals surface area contributed by atoms with Crippen LogP contribution in [0.1, 0.15) is 19.8 Å². The fraction of sp³-hybridized carbons (Fsp3) is 0.909. The summed E-state index contributed by atoms with van der Waals surface area (Å²) in [6, 6.07) is -0.576. The zero-order chi connectivity index (χ0) is 12.0. The second-order valence-corrected chi connectivity index (χ2v) is 4.70. The van der Waals surface area contributed by atoms with Crippen LogP contribution in [-0.4, -0.2) is 45.4 Å². The Balaban J connectivity index is 2.29. The fourth-order valence-corrected chi connectivity index (χ4v) is 1.73. The molecule has 0 aliphatic carbocycles. The molecule has 1 heterocycles. The number of rotatable bonds is 5. The highest BCUT2D eigenvalue weighted by atomic mass is 16.5. The van der Waals surface area contributed by atoms with Crippen molar-refractivity contribution in [1.29, 1.82) is 0 Å². The van der Waals surface area contributed by atoms with Crippen LogP contribution in [0, 0.1) is 5.41 Å². The monoisotopic (exact) mass is 230 g/mol. The van der Waals surface area contributed by atoms with E-state index in [0.29, 0.717) is 6.54 Å². The van der Waals surface area contributed by atoms with E-state index in [4.69, 9.17) is 15.2 Å². The summed E-state index contributed by atoms with van der Waals surface area (Å²) in [6.07, 6.45) is 1.96. The van der Waals surface area contributed by atoms with Gasteiger partial charge in [-0.1, -0.05) is 6.92 Å². The van der Waals surface area contributed by atoms with E-state index in [1.165, 1.54) is 7.11 Å². The molecule has 1 unspecified atom stereocenters. The number of amides is 1. The first kappa shape index (κ1) is 13.4. The average molecular weight is 230 g/mol. The Hall–Kier alpha value is -0.650. The maximum Gasteiger partial charge on any atom is 0.239 e. The van der Waals surface area contributed by atoms with Gasteiger partial charge in [-0.25, -0.2) is 0 Å². The molecule has 1 saturated heterocycles. The molecule has 3 N–H and O–H groups in total. The third-order valence-corrected chi connectivity index (χ3v) is 3.07. The quantitative estimate of drug-likeness (QED) is 0.691. The zero-order valence-corrected chi connectivity index (χ0v) is 10.1. The molecule has 0 aromatic carbocycles. The molecular weight excluding hydrogens is 208 g/mol. The molecule has 94 valence electrons.